The van der Waals surface area contributed by atoms with Crippen LogP contribution in [0.15, 0.2) is 61.1 Å². The average Bonchev–Trinajstić information content (AvgIpc) is 2.62. The van der Waals surface area contributed by atoms with Gasteiger partial charge in [-0.05, 0) is 36.9 Å². The molecule has 1 fully saturated rings. The molecular formula is C18H16ClN4O3+. The second-order valence-electron chi connectivity index (χ2n) is 5.72. The summed E-state index contributed by atoms with van der Waals surface area (Å²) < 4.78 is 0. The molecule has 0 spiro atoms. The van der Waals surface area contributed by atoms with Crippen molar-refractivity contribution < 1.29 is 19.7 Å². The minimum absolute atomic E-state index is 0.322. The maximum absolute atomic E-state index is 12.8. The quantitative estimate of drug-likeness (QED) is 0.772. The number of hydrogen-bond acceptors (Lipinski definition) is 4. The molecule has 4 amide bonds. The fraction of sp³-hybridized carbons (Fsp3) is 0.111. The molecule has 3 N–H and O–H groups in total. The zero-order valence-electron chi connectivity index (χ0n) is 13.7. The molecule has 3 rings (SSSR count). The van der Waals surface area contributed by atoms with Gasteiger partial charge in [0.25, 0.3) is 11.8 Å². The molecule has 1 atom stereocenters. The van der Waals surface area contributed by atoms with Crippen LogP contribution in [0.5, 0.6) is 0 Å². The summed E-state index contributed by atoms with van der Waals surface area (Å²) in [6.07, 6.45) is 3.35. The Hall–Kier alpha value is -3.03. The molecule has 8 heteroatoms. The van der Waals surface area contributed by atoms with Crippen LogP contribution < -0.4 is 15.5 Å². The number of nitrogens with zero attached hydrogens (tertiary/aromatic N) is 2. The summed E-state index contributed by atoms with van der Waals surface area (Å²) >= 11 is 5.84. The number of hydrogen-bond donors (Lipinski definition) is 2. The third kappa shape index (κ3) is 3.63. The van der Waals surface area contributed by atoms with Gasteiger partial charge in [-0.3, -0.25) is 19.9 Å². The van der Waals surface area contributed by atoms with Gasteiger partial charge in [0.2, 0.25) is 0 Å². The van der Waals surface area contributed by atoms with Gasteiger partial charge in [-0.25, -0.2) is 9.69 Å². The van der Waals surface area contributed by atoms with Crippen molar-refractivity contribution in [3.05, 3.63) is 71.7 Å². The van der Waals surface area contributed by atoms with E-state index in [1.54, 1.807) is 35.9 Å². The zero-order valence-corrected chi connectivity index (χ0v) is 14.4. The Balaban J connectivity index is 1.78. The Morgan fingerprint density at radius 3 is 2.62 bits per heavy atom. The van der Waals surface area contributed by atoms with Crippen molar-refractivity contribution in [2.75, 3.05) is 4.90 Å². The second kappa shape index (κ2) is 7.47. The maximum Gasteiger partial charge on any atom is 0.335 e. The van der Waals surface area contributed by atoms with Crippen LogP contribution in [0, 0.1) is 5.92 Å². The Morgan fingerprint density at radius 1 is 1.23 bits per heavy atom. The van der Waals surface area contributed by atoms with Crippen molar-refractivity contribution in [1.82, 2.24) is 10.3 Å². The van der Waals surface area contributed by atoms with Crippen LogP contribution in [0.3, 0.4) is 0 Å². The maximum atomic E-state index is 12.8. The summed E-state index contributed by atoms with van der Waals surface area (Å²) in [4.78, 5) is 42.1. The highest BCUT2D eigenvalue weighted by atomic mass is 35.5. The summed E-state index contributed by atoms with van der Waals surface area (Å²) in [6, 6.07) is 9.08. The molecule has 1 aromatic carbocycles. The van der Waals surface area contributed by atoms with E-state index >= 15 is 0 Å². The van der Waals surface area contributed by atoms with Gasteiger partial charge in [0.1, 0.15) is 12.2 Å². The van der Waals surface area contributed by atoms with E-state index in [-0.39, 0.29) is 0 Å². The Morgan fingerprint density at radius 2 is 1.96 bits per heavy atom. The molecule has 0 radical (unpaired) electrons. The smallest absolute Gasteiger partial charge is 0.313 e. The predicted molar refractivity (Wildman–Crippen MR) is 95.0 cm³/mol. The number of amides is 4. The van der Waals surface area contributed by atoms with E-state index in [1.165, 1.54) is 12.1 Å². The normalized spacial score (nSPS) is 17.2. The lowest BCUT2D eigenvalue weighted by molar-refractivity contribution is -0.626. The molecule has 2 aromatic rings. The number of urea groups is 1. The zero-order chi connectivity index (χ0) is 18.7. The number of imide groups is 2. The fourth-order valence-corrected chi connectivity index (χ4v) is 2.75. The number of benzene rings is 1. The Kier molecular flexibility index (Phi) is 5.11. The first kappa shape index (κ1) is 17.8. The number of halogens is 1. The first-order valence-corrected chi connectivity index (χ1v) is 8.20. The highest BCUT2D eigenvalue weighted by molar-refractivity contribution is 6.31. The Labute approximate surface area is 154 Å². The van der Waals surface area contributed by atoms with Crippen molar-refractivity contribution in [3.8, 4) is 0 Å². The van der Waals surface area contributed by atoms with Gasteiger partial charge in [-0.1, -0.05) is 17.7 Å². The minimum Gasteiger partial charge on any atom is -0.313 e. The molecular weight excluding hydrogens is 356 g/mol. The summed E-state index contributed by atoms with van der Waals surface area (Å²) in [7, 11) is 0. The lowest BCUT2D eigenvalue weighted by atomic mass is 10.0. The van der Waals surface area contributed by atoms with E-state index in [1.807, 2.05) is 6.07 Å². The molecule has 2 heterocycles. The molecule has 1 saturated heterocycles. The number of barbiturate groups is 1. The third-order valence-electron chi connectivity index (χ3n) is 3.94. The number of pyridine rings is 1. The highest BCUT2D eigenvalue weighted by Crippen LogP contribution is 2.23. The lowest BCUT2D eigenvalue weighted by Crippen LogP contribution is -2.83. The molecule has 0 aliphatic carbocycles. The number of aromatic nitrogens is 1. The van der Waals surface area contributed by atoms with E-state index < -0.39 is 23.8 Å². The second-order valence-corrected chi connectivity index (χ2v) is 6.16. The number of carbonyl (C=O) groups excluding carboxylic acids is 3. The molecule has 26 heavy (non-hydrogen) atoms. The Bertz CT molecular complexity index is 868. The molecule has 0 bridgehead atoms. The number of anilines is 1. The van der Waals surface area contributed by atoms with E-state index in [2.05, 4.69) is 16.9 Å². The van der Waals surface area contributed by atoms with E-state index in [9.17, 15) is 14.4 Å². The molecule has 1 aliphatic heterocycles. The van der Waals surface area contributed by atoms with Crippen molar-refractivity contribution >= 4 is 35.1 Å². The van der Waals surface area contributed by atoms with Gasteiger partial charge < -0.3 is 5.32 Å². The molecule has 0 saturated carbocycles. The van der Waals surface area contributed by atoms with Crippen LogP contribution >= 0.6 is 11.6 Å². The van der Waals surface area contributed by atoms with Crippen molar-refractivity contribution in [3.63, 3.8) is 0 Å². The van der Waals surface area contributed by atoms with Crippen LogP contribution in [0.25, 0.3) is 0 Å². The third-order valence-corrected chi connectivity index (χ3v) is 4.19. The monoisotopic (exact) mass is 371 g/mol. The van der Waals surface area contributed by atoms with Gasteiger partial charge in [-0.2, -0.15) is 0 Å². The van der Waals surface area contributed by atoms with Crippen molar-refractivity contribution in [1.29, 1.82) is 0 Å². The summed E-state index contributed by atoms with van der Waals surface area (Å²) in [5.74, 6) is -2.49. The molecule has 1 aliphatic rings. The van der Waals surface area contributed by atoms with Gasteiger partial charge in [0.15, 0.2) is 5.92 Å². The lowest BCUT2D eigenvalue weighted by Gasteiger charge is -2.29. The highest BCUT2D eigenvalue weighted by Gasteiger charge is 2.44. The molecule has 1 aromatic heterocycles. The van der Waals surface area contributed by atoms with Crippen LogP contribution in [-0.2, 0) is 16.1 Å². The van der Waals surface area contributed by atoms with Gasteiger partial charge in [0.05, 0.1) is 5.69 Å². The summed E-state index contributed by atoms with van der Waals surface area (Å²) in [6.45, 7) is 4.32. The molecule has 7 nitrogen and oxygen atoms in total. The van der Waals surface area contributed by atoms with E-state index in [0.29, 0.717) is 23.0 Å². The largest absolute Gasteiger partial charge is 0.335 e. The number of rotatable bonds is 5. The SMILES string of the molecule is C=C([NH2+]Cc1cccnc1)[C@@H]1C(=O)NC(=O)N(c2ccc(Cl)cc2)C1=O. The van der Waals surface area contributed by atoms with E-state index in [0.717, 1.165) is 10.5 Å². The summed E-state index contributed by atoms with van der Waals surface area (Å²) in [5.41, 5.74) is 1.57. The molecule has 0 unspecified atom stereocenters. The van der Waals surface area contributed by atoms with Gasteiger partial charge in [-0.15, -0.1) is 0 Å². The fourth-order valence-electron chi connectivity index (χ4n) is 2.62. The predicted octanol–water partition coefficient (Wildman–Crippen LogP) is 1.21. The van der Waals surface area contributed by atoms with Crippen LogP contribution in [0.1, 0.15) is 5.56 Å². The van der Waals surface area contributed by atoms with E-state index in [4.69, 9.17) is 11.6 Å². The number of quaternary nitrogens is 1. The number of nitrogens with two attached hydrogens (primary N) is 1. The van der Waals surface area contributed by atoms with Crippen molar-refractivity contribution in [2.24, 2.45) is 5.92 Å². The van der Waals surface area contributed by atoms with Crippen LogP contribution in [-0.4, -0.2) is 22.8 Å². The summed E-state index contributed by atoms with van der Waals surface area (Å²) in [5, 5.41) is 4.37. The molecule has 132 valence electrons. The first-order valence-electron chi connectivity index (χ1n) is 7.82. The number of nitrogens with one attached hydrogen (secondary N) is 1. The standard InChI is InChI=1S/C18H15ClN4O3/c1-11(21-10-12-3-2-8-20-9-12)15-16(24)22-18(26)23(17(15)25)14-6-4-13(19)5-7-14/h2-9,15,21H,1,10H2,(H,22,24,26)/p+1/t15-/m1/s1. The average molecular weight is 372 g/mol. The van der Waals surface area contributed by atoms with Gasteiger partial charge >= 0.3 is 6.03 Å². The van der Waals surface area contributed by atoms with Crippen molar-refractivity contribution in [2.45, 2.75) is 6.54 Å². The van der Waals surface area contributed by atoms with Crippen LogP contribution in [0.4, 0.5) is 10.5 Å². The topological polar surface area (TPSA) is 96.0 Å². The number of carbonyl (C=O) groups is 3. The first-order chi connectivity index (χ1) is 12.5. The minimum atomic E-state index is -1.17. The van der Waals surface area contributed by atoms with Gasteiger partial charge in [0, 0.05) is 23.0 Å². The van der Waals surface area contributed by atoms with Crippen LogP contribution in [0.2, 0.25) is 5.02 Å².